The zero-order valence-electron chi connectivity index (χ0n) is 20.4. The fraction of sp³-hybridized carbons (Fsp3) is 0.348. The minimum absolute atomic E-state index is 0.402. The monoisotopic (exact) mass is 596 g/mol. The molecule has 0 saturated carbocycles. The summed E-state index contributed by atoms with van der Waals surface area (Å²) in [4.78, 5) is 28.7. The van der Waals surface area contributed by atoms with E-state index in [1.54, 1.807) is 12.4 Å². The van der Waals surface area contributed by atoms with Crippen molar-refractivity contribution in [2.45, 2.75) is 32.0 Å². The first-order valence-electron chi connectivity index (χ1n) is 11.2. The molecular formula is C23H23ClF6N6O4. The molecule has 0 radical (unpaired) electrons. The van der Waals surface area contributed by atoms with Gasteiger partial charge in [0.25, 0.3) is 0 Å². The Bertz CT molecular complexity index is 1220. The van der Waals surface area contributed by atoms with Crippen molar-refractivity contribution < 1.29 is 46.1 Å². The van der Waals surface area contributed by atoms with Gasteiger partial charge < -0.3 is 15.5 Å². The van der Waals surface area contributed by atoms with E-state index in [0.717, 1.165) is 37.7 Å². The second-order valence-electron chi connectivity index (χ2n) is 8.23. The van der Waals surface area contributed by atoms with Crippen molar-refractivity contribution in [2.75, 3.05) is 18.4 Å². The summed E-state index contributed by atoms with van der Waals surface area (Å²) >= 11 is 6.15. The maximum Gasteiger partial charge on any atom is 0.490 e. The zero-order valence-corrected chi connectivity index (χ0v) is 21.2. The molecule has 0 fully saturated rings. The number of aromatic nitrogens is 4. The normalized spacial score (nSPS) is 15.3. The number of anilines is 1. The number of aliphatic carboxylic acids is 2. The van der Waals surface area contributed by atoms with Crippen molar-refractivity contribution in [1.82, 2.24) is 24.6 Å². The lowest BCUT2D eigenvalue weighted by molar-refractivity contribution is -0.193. The number of carboxylic acid groups (broad SMARTS) is 2. The topological polar surface area (TPSA) is 133 Å². The highest BCUT2D eigenvalue weighted by atomic mass is 35.5. The number of nitrogens with one attached hydrogen (secondary N) is 1. The number of hydrogen-bond donors (Lipinski definition) is 3. The summed E-state index contributed by atoms with van der Waals surface area (Å²) in [5.41, 5.74) is 2.47. The van der Waals surface area contributed by atoms with Gasteiger partial charge in [-0.25, -0.2) is 19.6 Å². The second-order valence-corrected chi connectivity index (χ2v) is 8.67. The molecule has 1 atom stereocenters. The molecule has 3 heterocycles. The minimum Gasteiger partial charge on any atom is -0.475 e. The summed E-state index contributed by atoms with van der Waals surface area (Å²) in [5.74, 6) is -4.45. The summed E-state index contributed by atoms with van der Waals surface area (Å²) in [6, 6.07) is 12.0. The number of benzene rings is 1. The van der Waals surface area contributed by atoms with Gasteiger partial charge in [0.05, 0.1) is 5.69 Å². The molecule has 40 heavy (non-hydrogen) atoms. The maximum atomic E-state index is 10.6. The van der Waals surface area contributed by atoms with E-state index in [4.69, 9.17) is 31.4 Å². The molecule has 0 amide bonds. The van der Waals surface area contributed by atoms with E-state index in [1.807, 2.05) is 30.5 Å². The maximum absolute atomic E-state index is 10.6. The first kappa shape index (κ1) is 32.3. The smallest absolute Gasteiger partial charge is 0.475 e. The van der Waals surface area contributed by atoms with E-state index < -0.39 is 24.3 Å². The molecule has 1 aromatic carbocycles. The van der Waals surface area contributed by atoms with E-state index in [2.05, 4.69) is 42.1 Å². The molecular weight excluding hydrogens is 574 g/mol. The average molecular weight is 597 g/mol. The molecule has 2 aromatic heterocycles. The van der Waals surface area contributed by atoms with E-state index >= 15 is 0 Å². The number of nitrogens with zero attached hydrogens (tertiary/aromatic N) is 5. The molecule has 1 aliphatic heterocycles. The molecule has 0 aliphatic carbocycles. The largest absolute Gasteiger partial charge is 0.490 e. The molecule has 3 N–H and O–H groups in total. The standard InChI is InChI=1S/C19H21ClN6.2C2HF3O2/c20-17-4-1-3-15(9-17)11-25-12-16(10-23-19-21-6-2-7-22-19)13-26-18(14-25)5-8-24-26;2*3-2(4,5)1(6)7/h1-9,16H,10-14H2,(H,21,22,23);2*(H,6,7). The Morgan fingerprint density at radius 1 is 0.950 bits per heavy atom. The van der Waals surface area contributed by atoms with Crippen molar-refractivity contribution in [2.24, 2.45) is 5.92 Å². The van der Waals surface area contributed by atoms with Crippen LogP contribution in [0.4, 0.5) is 32.3 Å². The van der Waals surface area contributed by atoms with Crippen molar-refractivity contribution in [3.63, 3.8) is 0 Å². The molecule has 218 valence electrons. The van der Waals surface area contributed by atoms with E-state index in [-0.39, 0.29) is 0 Å². The highest BCUT2D eigenvalue weighted by Crippen LogP contribution is 2.20. The van der Waals surface area contributed by atoms with Crippen LogP contribution < -0.4 is 5.32 Å². The summed E-state index contributed by atoms with van der Waals surface area (Å²) in [6.45, 7) is 4.40. The number of rotatable bonds is 5. The Balaban J connectivity index is 0.000000333. The molecule has 10 nitrogen and oxygen atoms in total. The van der Waals surface area contributed by atoms with Crippen LogP contribution in [0.15, 0.2) is 55.0 Å². The minimum atomic E-state index is -5.08. The van der Waals surface area contributed by atoms with Crippen LogP contribution in [0.25, 0.3) is 0 Å². The van der Waals surface area contributed by atoms with Gasteiger partial charge in [0.15, 0.2) is 0 Å². The lowest BCUT2D eigenvalue weighted by atomic mass is 10.1. The zero-order chi connectivity index (χ0) is 29.9. The van der Waals surface area contributed by atoms with Gasteiger partial charge in [-0.1, -0.05) is 23.7 Å². The third kappa shape index (κ3) is 11.4. The van der Waals surface area contributed by atoms with Gasteiger partial charge in [0.2, 0.25) is 5.95 Å². The van der Waals surface area contributed by atoms with Crippen molar-refractivity contribution in [3.8, 4) is 0 Å². The molecule has 1 aliphatic rings. The van der Waals surface area contributed by atoms with Crippen molar-refractivity contribution in [1.29, 1.82) is 0 Å². The van der Waals surface area contributed by atoms with Crippen LogP contribution in [0.1, 0.15) is 11.3 Å². The first-order chi connectivity index (χ1) is 18.6. The van der Waals surface area contributed by atoms with E-state index in [0.29, 0.717) is 11.9 Å². The molecule has 0 bridgehead atoms. The van der Waals surface area contributed by atoms with Gasteiger partial charge in [-0.2, -0.15) is 31.4 Å². The Hall–Kier alpha value is -3.92. The Kier molecular flexibility index (Phi) is 11.7. The summed E-state index contributed by atoms with van der Waals surface area (Å²) < 4.78 is 65.6. The Morgan fingerprint density at radius 3 is 2.10 bits per heavy atom. The molecule has 0 spiro atoms. The molecule has 4 rings (SSSR count). The van der Waals surface area contributed by atoms with Crippen LogP contribution >= 0.6 is 11.6 Å². The average Bonchev–Trinajstić information content (AvgIpc) is 3.22. The van der Waals surface area contributed by atoms with Crippen molar-refractivity contribution in [3.05, 3.63) is 71.3 Å². The number of hydrogen-bond acceptors (Lipinski definition) is 7. The molecule has 1 unspecified atom stereocenters. The molecule has 17 heteroatoms. The highest BCUT2D eigenvalue weighted by Gasteiger charge is 2.38. The first-order valence-corrected chi connectivity index (χ1v) is 11.6. The Morgan fingerprint density at radius 2 is 1.55 bits per heavy atom. The predicted molar refractivity (Wildman–Crippen MR) is 129 cm³/mol. The van der Waals surface area contributed by atoms with E-state index in [1.165, 1.54) is 11.3 Å². The number of alkyl halides is 6. The van der Waals surface area contributed by atoms with Gasteiger partial charge in [0.1, 0.15) is 0 Å². The van der Waals surface area contributed by atoms with Gasteiger partial charge >= 0.3 is 24.3 Å². The summed E-state index contributed by atoms with van der Waals surface area (Å²) in [5, 5.41) is 22.9. The molecule has 3 aromatic rings. The van der Waals surface area contributed by atoms with Gasteiger partial charge in [-0.3, -0.25) is 9.58 Å². The predicted octanol–water partition coefficient (Wildman–Crippen LogP) is 4.34. The summed E-state index contributed by atoms with van der Waals surface area (Å²) in [6.07, 6.45) is -4.79. The van der Waals surface area contributed by atoms with Crippen molar-refractivity contribution >= 4 is 29.5 Å². The van der Waals surface area contributed by atoms with E-state index in [9.17, 15) is 26.3 Å². The quantitative estimate of drug-likeness (QED) is 0.368. The van der Waals surface area contributed by atoms with Crippen LogP contribution in [0.3, 0.4) is 0 Å². The van der Waals surface area contributed by atoms with Crippen LogP contribution in [-0.2, 0) is 29.2 Å². The highest BCUT2D eigenvalue weighted by molar-refractivity contribution is 6.30. The van der Waals surface area contributed by atoms with Crippen LogP contribution in [0.5, 0.6) is 0 Å². The molecule has 0 saturated heterocycles. The fourth-order valence-corrected chi connectivity index (χ4v) is 3.60. The van der Waals surface area contributed by atoms with Crippen LogP contribution in [-0.4, -0.2) is 72.2 Å². The third-order valence-electron chi connectivity index (χ3n) is 5.03. The second kappa shape index (κ2) is 14.5. The van der Waals surface area contributed by atoms with Crippen LogP contribution in [0, 0.1) is 5.92 Å². The number of carbonyl (C=O) groups is 2. The van der Waals surface area contributed by atoms with Gasteiger partial charge in [-0.15, -0.1) is 0 Å². The Labute approximate surface area is 228 Å². The van der Waals surface area contributed by atoms with Gasteiger partial charge in [-0.05, 0) is 29.8 Å². The van der Waals surface area contributed by atoms with Crippen LogP contribution in [0.2, 0.25) is 5.02 Å². The SMILES string of the molecule is Clc1cccc(CN2Cc3ccnn3CC(CNc3ncccn3)C2)c1.O=C(O)C(F)(F)F.O=C(O)C(F)(F)F. The number of carboxylic acids is 2. The third-order valence-corrected chi connectivity index (χ3v) is 5.27. The number of halogens is 7. The summed E-state index contributed by atoms with van der Waals surface area (Å²) in [7, 11) is 0. The lowest BCUT2D eigenvalue weighted by Crippen LogP contribution is -2.31. The fourth-order valence-electron chi connectivity index (χ4n) is 3.39. The number of fused-ring (bicyclic) bond motifs is 1. The lowest BCUT2D eigenvalue weighted by Gasteiger charge is -2.24. The van der Waals surface area contributed by atoms with Gasteiger partial charge in [0, 0.05) is 62.3 Å².